The molecule has 1 amide bonds. The van der Waals surface area contributed by atoms with Crippen molar-refractivity contribution in [2.24, 2.45) is 4.99 Å². The molecule has 204 valence electrons. The van der Waals surface area contributed by atoms with Gasteiger partial charge in [0.05, 0.1) is 6.61 Å². The summed E-state index contributed by atoms with van der Waals surface area (Å²) >= 11 is 3.50. The van der Waals surface area contributed by atoms with Gasteiger partial charge in [-0.15, -0.1) is 0 Å². The molecule has 4 rings (SSSR count). The molecular formula is C31H34BrN3O4. The van der Waals surface area contributed by atoms with Crippen LogP contribution in [0.1, 0.15) is 49.5 Å². The SMILES string of the molecule is CC(C)NNC(=O)[C@@]1(C/C=C/c2ccccc2)N=C(c2ccc(OCCCO)cc2)O[C@H]1c1ccc(Br)cc1. The van der Waals surface area contributed by atoms with Gasteiger partial charge < -0.3 is 14.6 Å². The number of amides is 1. The molecule has 7 nitrogen and oxygen atoms in total. The number of aliphatic imine (C=N–C) groups is 1. The van der Waals surface area contributed by atoms with Gasteiger partial charge in [0.15, 0.2) is 11.6 Å². The van der Waals surface area contributed by atoms with Crippen molar-refractivity contribution in [3.05, 3.63) is 106 Å². The zero-order valence-electron chi connectivity index (χ0n) is 22.1. The molecule has 1 heterocycles. The van der Waals surface area contributed by atoms with Gasteiger partial charge >= 0.3 is 0 Å². The normalized spacial score (nSPS) is 18.7. The van der Waals surface area contributed by atoms with Gasteiger partial charge in [-0.2, -0.15) is 0 Å². The smallest absolute Gasteiger partial charge is 0.266 e. The highest BCUT2D eigenvalue weighted by molar-refractivity contribution is 9.10. The maximum absolute atomic E-state index is 13.9. The van der Waals surface area contributed by atoms with Crippen LogP contribution in [0, 0.1) is 0 Å². The van der Waals surface area contributed by atoms with E-state index in [1.165, 1.54) is 0 Å². The Labute approximate surface area is 238 Å². The van der Waals surface area contributed by atoms with E-state index in [1.54, 1.807) is 0 Å². The average molecular weight is 593 g/mol. The number of hydrazine groups is 1. The van der Waals surface area contributed by atoms with Crippen LogP contribution in [0.2, 0.25) is 0 Å². The summed E-state index contributed by atoms with van der Waals surface area (Å²) in [5.41, 5.74) is 7.27. The van der Waals surface area contributed by atoms with Gasteiger partial charge in [-0.1, -0.05) is 70.5 Å². The lowest BCUT2D eigenvalue weighted by molar-refractivity contribution is -0.130. The fourth-order valence-electron chi connectivity index (χ4n) is 4.21. The Morgan fingerprint density at radius 1 is 1.10 bits per heavy atom. The highest BCUT2D eigenvalue weighted by Gasteiger charge is 2.52. The van der Waals surface area contributed by atoms with E-state index >= 15 is 0 Å². The first-order valence-electron chi connectivity index (χ1n) is 13.0. The van der Waals surface area contributed by atoms with E-state index < -0.39 is 11.6 Å². The lowest BCUT2D eigenvalue weighted by Crippen LogP contribution is -2.54. The van der Waals surface area contributed by atoms with Crippen LogP contribution in [-0.2, 0) is 9.53 Å². The summed E-state index contributed by atoms with van der Waals surface area (Å²) in [7, 11) is 0. The zero-order valence-corrected chi connectivity index (χ0v) is 23.7. The molecule has 3 aromatic carbocycles. The molecule has 0 fully saturated rings. The molecular weight excluding hydrogens is 558 g/mol. The Hall–Kier alpha value is -3.46. The molecule has 8 heteroatoms. The van der Waals surface area contributed by atoms with Crippen molar-refractivity contribution in [1.29, 1.82) is 0 Å². The Bertz CT molecular complexity index is 1280. The molecule has 3 N–H and O–H groups in total. The summed E-state index contributed by atoms with van der Waals surface area (Å²) in [6.45, 7) is 4.42. The summed E-state index contributed by atoms with van der Waals surface area (Å²) in [5, 5.41) is 9.00. The number of hydrogen-bond donors (Lipinski definition) is 3. The molecule has 0 unspecified atom stereocenters. The monoisotopic (exact) mass is 591 g/mol. The largest absolute Gasteiger partial charge is 0.494 e. The predicted octanol–water partition coefficient (Wildman–Crippen LogP) is 5.60. The van der Waals surface area contributed by atoms with E-state index in [0.29, 0.717) is 31.1 Å². The van der Waals surface area contributed by atoms with E-state index in [4.69, 9.17) is 19.6 Å². The van der Waals surface area contributed by atoms with Crippen molar-refractivity contribution in [1.82, 2.24) is 10.9 Å². The molecule has 0 aromatic heterocycles. The van der Waals surface area contributed by atoms with Gasteiger partial charge in [0.2, 0.25) is 5.90 Å². The first-order valence-corrected chi connectivity index (χ1v) is 13.8. The molecule has 0 saturated heterocycles. The third-order valence-electron chi connectivity index (χ3n) is 6.22. The van der Waals surface area contributed by atoms with Crippen molar-refractivity contribution < 1.29 is 19.4 Å². The van der Waals surface area contributed by atoms with Crippen LogP contribution in [0.25, 0.3) is 6.08 Å². The first-order chi connectivity index (χ1) is 18.9. The summed E-state index contributed by atoms with van der Waals surface area (Å²) in [5.74, 6) is 0.796. The third-order valence-corrected chi connectivity index (χ3v) is 6.74. The highest BCUT2D eigenvalue weighted by Crippen LogP contribution is 2.43. The van der Waals surface area contributed by atoms with Crippen molar-refractivity contribution in [3.63, 3.8) is 0 Å². The number of nitrogens with one attached hydrogen (secondary N) is 2. The van der Waals surface area contributed by atoms with Crippen LogP contribution in [0.5, 0.6) is 5.75 Å². The van der Waals surface area contributed by atoms with E-state index in [9.17, 15) is 4.79 Å². The van der Waals surface area contributed by atoms with Gasteiger partial charge in [0, 0.05) is 35.5 Å². The summed E-state index contributed by atoms with van der Waals surface area (Å²) in [6.07, 6.45) is 4.19. The Balaban J connectivity index is 1.72. The van der Waals surface area contributed by atoms with E-state index in [1.807, 2.05) is 105 Å². The van der Waals surface area contributed by atoms with Gasteiger partial charge in [-0.3, -0.25) is 10.2 Å². The Morgan fingerprint density at radius 3 is 2.49 bits per heavy atom. The van der Waals surface area contributed by atoms with Crippen LogP contribution in [0.3, 0.4) is 0 Å². The second-order valence-electron chi connectivity index (χ2n) is 9.61. The number of hydrogen-bond acceptors (Lipinski definition) is 6. The van der Waals surface area contributed by atoms with Crippen LogP contribution < -0.4 is 15.6 Å². The van der Waals surface area contributed by atoms with Crippen molar-refractivity contribution in [2.45, 2.75) is 44.4 Å². The molecule has 1 aliphatic rings. The Kier molecular flexibility index (Phi) is 9.92. The fraction of sp³-hybridized carbons (Fsp3) is 0.290. The van der Waals surface area contributed by atoms with Crippen molar-refractivity contribution in [2.75, 3.05) is 13.2 Å². The maximum Gasteiger partial charge on any atom is 0.266 e. The quantitative estimate of drug-likeness (QED) is 0.188. The molecule has 0 saturated carbocycles. The average Bonchev–Trinajstić information content (AvgIpc) is 3.34. The lowest BCUT2D eigenvalue weighted by Gasteiger charge is -2.30. The highest BCUT2D eigenvalue weighted by atomic mass is 79.9. The maximum atomic E-state index is 13.9. The number of carbonyl (C=O) groups excluding carboxylic acids is 1. The number of ether oxygens (including phenoxy) is 2. The zero-order chi connectivity index (χ0) is 27.7. The molecule has 3 aromatic rings. The summed E-state index contributed by atoms with van der Waals surface area (Å²) in [4.78, 5) is 18.9. The minimum Gasteiger partial charge on any atom is -0.494 e. The van der Waals surface area contributed by atoms with Gasteiger partial charge in [0.25, 0.3) is 5.91 Å². The topological polar surface area (TPSA) is 92.2 Å². The van der Waals surface area contributed by atoms with Crippen LogP contribution in [0.15, 0.2) is 94.4 Å². The number of carbonyl (C=O) groups is 1. The molecule has 1 aliphatic heterocycles. The third kappa shape index (κ3) is 7.35. The van der Waals surface area contributed by atoms with E-state index in [2.05, 4.69) is 26.8 Å². The number of aliphatic hydroxyl groups is 1. The number of rotatable bonds is 12. The van der Waals surface area contributed by atoms with Crippen molar-refractivity contribution >= 4 is 33.8 Å². The van der Waals surface area contributed by atoms with Crippen LogP contribution >= 0.6 is 15.9 Å². The summed E-state index contributed by atoms with van der Waals surface area (Å²) in [6, 6.07) is 25.2. The molecule has 0 radical (unpaired) electrons. The van der Waals surface area contributed by atoms with Crippen LogP contribution in [-0.4, -0.2) is 41.7 Å². The standard InChI is InChI=1S/C31H34BrN3O4/c1-22(2)34-35-30(37)31(19-6-10-23-8-4-3-5-9-23)28(24-11-15-26(32)16-12-24)39-29(33-31)25-13-17-27(18-14-25)38-21-7-20-36/h3-6,8-18,22,28,34,36H,7,19-21H2,1-2H3,(H,35,37)/b10-6+/t28-,31-/m0/s1. The minimum absolute atomic E-state index is 0.0427. The molecule has 0 aliphatic carbocycles. The van der Waals surface area contributed by atoms with E-state index in [-0.39, 0.29) is 18.6 Å². The first kappa shape index (κ1) is 28.5. The second-order valence-corrected chi connectivity index (χ2v) is 10.5. The minimum atomic E-state index is -1.26. The van der Waals surface area contributed by atoms with Crippen molar-refractivity contribution in [3.8, 4) is 5.75 Å². The molecule has 2 atom stereocenters. The van der Waals surface area contributed by atoms with Gasteiger partial charge in [0.1, 0.15) is 5.75 Å². The number of halogens is 1. The van der Waals surface area contributed by atoms with Gasteiger partial charge in [-0.25, -0.2) is 10.4 Å². The predicted molar refractivity (Wildman–Crippen MR) is 157 cm³/mol. The van der Waals surface area contributed by atoms with E-state index in [0.717, 1.165) is 21.2 Å². The number of aliphatic hydroxyl groups excluding tert-OH is 1. The van der Waals surface area contributed by atoms with Gasteiger partial charge in [-0.05, 0) is 61.4 Å². The Morgan fingerprint density at radius 2 is 1.82 bits per heavy atom. The summed E-state index contributed by atoms with van der Waals surface area (Å²) < 4.78 is 13.1. The fourth-order valence-corrected chi connectivity index (χ4v) is 4.47. The van der Waals surface area contributed by atoms with Crippen LogP contribution in [0.4, 0.5) is 0 Å². The second kappa shape index (κ2) is 13.6. The lowest BCUT2D eigenvalue weighted by atomic mass is 9.84. The number of nitrogens with zero attached hydrogens (tertiary/aromatic N) is 1. The molecule has 0 bridgehead atoms. The molecule has 39 heavy (non-hydrogen) atoms. The number of benzene rings is 3. The molecule has 0 spiro atoms.